The molecule has 0 aliphatic carbocycles. The molecule has 0 atom stereocenters. The van der Waals surface area contributed by atoms with Crippen LogP contribution in [0.5, 0.6) is 0 Å². The van der Waals surface area contributed by atoms with Crippen molar-refractivity contribution < 1.29 is 4.79 Å². The molecule has 2 N–H and O–H groups in total. The number of benzene rings is 1. The highest BCUT2D eigenvalue weighted by Gasteiger charge is 2.13. The van der Waals surface area contributed by atoms with Crippen molar-refractivity contribution >= 4 is 22.9 Å². The number of amides is 1. The summed E-state index contributed by atoms with van der Waals surface area (Å²) in [5.41, 5.74) is 3.53. The van der Waals surface area contributed by atoms with E-state index >= 15 is 0 Å². The molecule has 2 aromatic heterocycles. The van der Waals surface area contributed by atoms with Gasteiger partial charge in [-0.2, -0.15) is 5.26 Å². The summed E-state index contributed by atoms with van der Waals surface area (Å²) in [4.78, 5) is 31.1. The molecule has 0 aliphatic rings. The van der Waals surface area contributed by atoms with Crippen molar-refractivity contribution in [1.29, 1.82) is 5.26 Å². The zero-order valence-electron chi connectivity index (χ0n) is 15.0. The minimum Gasteiger partial charge on any atom is -0.326 e. The van der Waals surface area contributed by atoms with E-state index in [0.717, 1.165) is 16.1 Å². The molecule has 27 heavy (non-hydrogen) atoms. The van der Waals surface area contributed by atoms with Crippen LogP contribution in [0, 0.1) is 25.2 Å². The van der Waals surface area contributed by atoms with Crippen LogP contribution in [-0.2, 0) is 11.2 Å². The van der Waals surface area contributed by atoms with Crippen LogP contribution >= 0.6 is 11.3 Å². The summed E-state index contributed by atoms with van der Waals surface area (Å²) in [6.07, 6.45) is 2.44. The van der Waals surface area contributed by atoms with Gasteiger partial charge in [-0.15, -0.1) is 11.3 Å². The predicted octanol–water partition coefficient (Wildman–Crippen LogP) is 3.56. The third kappa shape index (κ3) is 4.13. The second-order valence-corrected chi connectivity index (χ2v) is 7.03. The lowest BCUT2D eigenvalue weighted by Gasteiger charge is -2.11. The van der Waals surface area contributed by atoms with E-state index in [4.69, 9.17) is 5.26 Å². The maximum absolute atomic E-state index is 12.4. The topological polar surface area (TPSA) is 98.6 Å². The normalized spacial score (nSPS) is 10.4. The minimum absolute atomic E-state index is 0.104. The molecule has 0 saturated heterocycles. The fourth-order valence-electron chi connectivity index (χ4n) is 2.98. The maximum Gasteiger partial charge on any atom is 0.266 e. The van der Waals surface area contributed by atoms with E-state index in [0.29, 0.717) is 23.4 Å². The molecule has 3 rings (SSSR count). The molecule has 2 heterocycles. The van der Waals surface area contributed by atoms with E-state index in [9.17, 15) is 9.59 Å². The van der Waals surface area contributed by atoms with Crippen molar-refractivity contribution in [2.24, 2.45) is 0 Å². The number of aromatic amines is 1. The first-order valence-corrected chi connectivity index (χ1v) is 9.29. The van der Waals surface area contributed by atoms with E-state index in [1.165, 1.54) is 11.3 Å². The lowest BCUT2D eigenvalue weighted by atomic mass is 9.99. The summed E-state index contributed by atoms with van der Waals surface area (Å²) in [5, 5.41) is 14.8. The molecule has 0 saturated carbocycles. The van der Waals surface area contributed by atoms with Crippen molar-refractivity contribution in [3.05, 3.63) is 68.6 Å². The molecule has 0 bridgehead atoms. The minimum atomic E-state index is -0.389. The maximum atomic E-state index is 12.4. The van der Waals surface area contributed by atoms with Gasteiger partial charge in [0.05, 0.1) is 0 Å². The van der Waals surface area contributed by atoms with Crippen LogP contribution in [0.2, 0.25) is 0 Å². The summed E-state index contributed by atoms with van der Waals surface area (Å²) in [5.74, 6) is -0.130. The average Bonchev–Trinajstić information content (AvgIpc) is 3.16. The SMILES string of the molecule is Cc1[nH]c(=O)c(C#N)c(C)c1CCC(=O)Nc1cccc(-c2nccs2)c1. The number of aryl methyl sites for hydroxylation is 1. The molecule has 0 spiro atoms. The highest BCUT2D eigenvalue weighted by atomic mass is 32.1. The molecule has 0 radical (unpaired) electrons. The van der Waals surface area contributed by atoms with E-state index in [2.05, 4.69) is 15.3 Å². The van der Waals surface area contributed by atoms with Gasteiger partial charge < -0.3 is 10.3 Å². The van der Waals surface area contributed by atoms with Gasteiger partial charge in [0.1, 0.15) is 16.6 Å². The molecular formula is C20H18N4O2S. The Morgan fingerprint density at radius 3 is 2.89 bits per heavy atom. The number of nitrogens with one attached hydrogen (secondary N) is 2. The Bertz CT molecular complexity index is 1080. The number of anilines is 1. The molecule has 0 unspecified atom stereocenters. The smallest absolute Gasteiger partial charge is 0.266 e. The van der Waals surface area contributed by atoms with Crippen LogP contribution in [0.3, 0.4) is 0 Å². The first kappa shape index (κ1) is 18.5. The van der Waals surface area contributed by atoms with Crippen LogP contribution in [-0.4, -0.2) is 15.9 Å². The van der Waals surface area contributed by atoms with Crippen LogP contribution in [0.1, 0.15) is 28.8 Å². The van der Waals surface area contributed by atoms with E-state index < -0.39 is 0 Å². The lowest BCUT2D eigenvalue weighted by Crippen LogP contribution is -2.18. The summed E-state index contributed by atoms with van der Waals surface area (Å²) in [6.45, 7) is 3.52. The summed E-state index contributed by atoms with van der Waals surface area (Å²) in [6, 6.07) is 9.48. The van der Waals surface area contributed by atoms with Crippen molar-refractivity contribution in [3.8, 4) is 16.6 Å². The zero-order valence-corrected chi connectivity index (χ0v) is 15.8. The van der Waals surface area contributed by atoms with Gasteiger partial charge in [-0.25, -0.2) is 4.98 Å². The third-order valence-corrected chi connectivity index (χ3v) is 5.17. The Kier molecular flexibility index (Phi) is 5.48. The van der Waals surface area contributed by atoms with Crippen molar-refractivity contribution in [3.63, 3.8) is 0 Å². The van der Waals surface area contributed by atoms with Crippen LogP contribution in [0.15, 0.2) is 40.6 Å². The Balaban J connectivity index is 1.70. The zero-order chi connectivity index (χ0) is 19.4. The second-order valence-electron chi connectivity index (χ2n) is 6.14. The number of carbonyl (C=O) groups excluding carboxylic acids is 1. The Morgan fingerprint density at radius 1 is 1.37 bits per heavy atom. The highest BCUT2D eigenvalue weighted by molar-refractivity contribution is 7.13. The van der Waals surface area contributed by atoms with E-state index in [-0.39, 0.29) is 23.5 Å². The van der Waals surface area contributed by atoms with Gasteiger partial charge in [0.2, 0.25) is 5.91 Å². The number of hydrogen-bond acceptors (Lipinski definition) is 5. The van der Waals surface area contributed by atoms with Gasteiger partial charge in [0.25, 0.3) is 5.56 Å². The van der Waals surface area contributed by atoms with Gasteiger partial charge in [-0.3, -0.25) is 9.59 Å². The van der Waals surface area contributed by atoms with Gasteiger partial charge in [0, 0.05) is 34.9 Å². The number of H-pyrrole nitrogens is 1. The van der Waals surface area contributed by atoms with Crippen molar-refractivity contribution in [2.45, 2.75) is 26.7 Å². The van der Waals surface area contributed by atoms with Crippen molar-refractivity contribution in [2.75, 3.05) is 5.32 Å². The van der Waals surface area contributed by atoms with Gasteiger partial charge in [-0.1, -0.05) is 12.1 Å². The third-order valence-electron chi connectivity index (χ3n) is 4.35. The molecule has 7 heteroatoms. The number of aromatic nitrogens is 2. The predicted molar refractivity (Wildman–Crippen MR) is 106 cm³/mol. The molecule has 0 fully saturated rings. The number of nitriles is 1. The fraction of sp³-hybridized carbons (Fsp3) is 0.200. The molecule has 6 nitrogen and oxygen atoms in total. The number of hydrogen-bond donors (Lipinski definition) is 2. The van der Waals surface area contributed by atoms with Crippen molar-refractivity contribution in [1.82, 2.24) is 9.97 Å². The number of pyridine rings is 1. The number of rotatable bonds is 5. The van der Waals surface area contributed by atoms with Gasteiger partial charge >= 0.3 is 0 Å². The van der Waals surface area contributed by atoms with Gasteiger partial charge in [-0.05, 0) is 43.5 Å². The Hall–Kier alpha value is -3.24. The van der Waals surface area contributed by atoms with Gasteiger partial charge in [0.15, 0.2) is 0 Å². The Morgan fingerprint density at radius 2 is 2.19 bits per heavy atom. The molecular weight excluding hydrogens is 360 g/mol. The summed E-state index contributed by atoms with van der Waals surface area (Å²) in [7, 11) is 0. The monoisotopic (exact) mass is 378 g/mol. The molecule has 3 aromatic rings. The number of carbonyl (C=O) groups is 1. The first-order chi connectivity index (χ1) is 13.0. The molecule has 0 aliphatic heterocycles. The quantitative estimate of drug-likeness (QED) is 0.709. The molecule has 1 aromatic carbocycles. The summed E-state index contributed by atoms with van der Waals surface area (Å²) >= 11 is 1.54. The standard InChI is InChI=1S/C20H18N4O2S/c1-12-16(13(2)23-19(26)17(12)11-21)6-7-18(25)24-15-5-3-4-14(10-15)20-22-8-9-27-20/h3-5,8-10H,6-7H2,1-2H3,(H,23,26)(H,24,25). The average molecular weight is 378 g/mol. The fourth-order valence-corrected chi connectivity index (χ4v) is 3.61. The second kappa shape index (κ2) is 7.98. The van der Waals surface area contributed by atoms with Crippen LogP contribution in [0.25, 0.3) is 10.6 Å². The van der Waals surface area contributed by atoms with Crippen LogP contribution in [0.4, 0.5) is 5.69 Å². The lowest BCUT2D eigenvalue weighted by molar-refractivity contribution is -0.116. The molecule has 136 valence electrons. The Labute approximate surface area is 160 Å². The highest BCUT2D eigenvalue weighted by Crippen LogP contribution is 2.24. The van der Waals surface area contributed by atoms with E-state index in [1.54, 1.807) is 20.0 Å². The summed E-state index contributed by atoms with van der Waals surface area (Å²) < 4.78 is 0. The van der Waals surface area contributed by atoms with Crippen LogP contribution < -0.4 is 10.9 Å². The first-order valence-electron chi connectivity index (χ1n) is 8.42. The number of thiazole rings is 1. The molecule has 1 amide bonds. The largest absolute Gasteiger partial charge is 0.326 e. The number of nitrogens with zero attached hydrogens (tertiary/aromatic N) is 2. The van der Waals surface area contributed by atoms with E-state index in [1.807, 2.05) is 35.7 Å².